The van der Waals surface area contributed by atoms with E-state index >= 15 is 0 Å². The van der Waals surface area contributed by atoms with Crippen LogP contribution < -0.4 is 0 Å². The Morgan fingerprint density at radius 3 is 2.12 bits per heavy atom. The van der Waals surface area contributed by atoms with Crippen LogP contribution in [0.25, 0.3) is 0 Å². The molecule has 1 rings (SSSR count). The van der Waals surface area contributed by atoms with Gasteiger partial charge in [-0.2, -0.15) is 0 Å². The van der Waals surface area contributed by atoms with Crippen molar-refractivity contribution in [3.05, 3.63) is 47.0 Å². The first kappa shape index (κ1) is 22.0. The molecule has 1 atom stereocenters. The van der Waals surface area contributed by atoms with E-state index in [9.17, 15) is 0 Å². The molecule has 0 aliphatic heterocycles. The lowest BCUT2D eigenvalue weighted by molar-refractivity contribution is 0.420. The normalized spacial score (nSPS) is 12.3. The fourth-order valence-corrected chi connectivity index (χ4v) is 3.63. The summed E-state index contributed by atoms with van der Waals surface area (Å²) in [5.74, 6) is 0.818. The van der Waals surface area contributed by atoms with Crippen molar-refractivity contribution in [2.24, 2.45) is 5.92 Å². The van der Waals surface area contributed by atoms with Crippen molar-refractivity contribution in [2.45, 2.75) is 105 Å². The van der Waals surface area contributed by atoms with Crippen molar-refractivity contribution in [1.82, 2.24) is 0 Å². The second-order valence-electron chi connectivity index (χ2n) is 8.25. The largest absolute Gasteiger partial charge is 0.100 e. The summed E-state index contributed by atoms with van der Waals surface area (Å²) in [6, 6.07) is 7.03. The van der Waals surface area contributed by atoms with Crippen molar-refractivity contribution in [2.75, 3.05) is 0 Å². The van der Waals surface area contributed by atoms with Gasteiger partial charge in [0.05, 0.1) is 0 Å². The number of hydrogen-bond acceptors (Lipinski definition) is 0. The Hall–Kier alpha value is -1.04. The third kappa shape index (κ3) is 10.5. The van der Waals surface area contributed by atoms with Gasteiger partial charge in [-0.15, -0.1) is 6.58 Å². The third-order valence-corrected chi connectivity index (χ3v) is 5.54. The Labute approximate surface area is 158 Å². The van der Waals surface area contributed by atoms with Crippen LogP contribution in [0, 0.1) is 19.8 Å². The Bertz CT molecular complexity index is 483. The van der Waals surface area contributed by atoms with E-state index in [-0.39, 0.29) is 0 Å². The maximum atomic E-state index is 4.11. The number of unbranched alkanes of at least 4 members (excludes halogenated alkanes) is 7. The van der Waals surface area contributed by atoms with E-state index in [1.54, 1.807) is 0 Å². The fraction of sp³-hybridized carbons (Fsp3) is 0.680. The van der Waals surface area contributed by atoms with Crippen molar-refractivity contribution >= 4 is 0 Å². The molecule has 0 nitrogen and oxygen atoms in total. The predicted octanol–water partition coefficient (Wildman–Crippen LogP) is 8.35. The molecule has 0 heteroatoms. The molecule has 0 saturated heterocycles. The fourth-order valence-electron chi connectivity index (χ4n) is 3.63. The standard InChI is InChI=1S/C25H42/c1-6-7-8-9-10-11-12-13-14-24(17-15-21(2)3)20-25-18-16-22(4)23(5)19-25/h16,18-19,24H,2,6-15,17,20H2,1,3-5H3. The summed E-state index contributed by atoms with van der Waals surface area (Å²) in [5.41, 5.74) is 5.70. The van der Waals surface area contributed by atoms with Gasteiger partial charge < -0.3 is 0 Å². The van der Waals surface area contributed by atoms with E-state index in [0.717, 1.165) is 5.92 Å². The van der Waals surface area contributed by atoms with Crippen molar-refractivity contribution in [1.29, 1.82) is 0 Å². The summed E-state index contributed by atoms with van der Waals surface area (Å²) < 4.78 is 0. The Balaban J connectivity index is 2.36. The molecule has 0 saturated carbocycles. The average Bonchev–Trinajstić information content (AvgIpc) is 2.58. The van der Waals surface area contributed by atoms with E-state index in [0.29, 0.717) is 0 Å². The van der Waals surface area contributed by atoms with Crippen molar-refractivity contribution in [3.8, 4) is 0 Å². The zero-order valence-corrected chi connectivity index (χ0v) is 17.5. The van der Waals surface area contributed by atoms with Gasteiger partial charge >= 0.3 is 0 Å². The molecule has 0 aromatic heterocycles. The molecule has 142 valence electrons. The molecule has 0 aliphatic carbocycles. The van der Waals surface area contributed by atoms with Gasteiger partial charge in [-0.25, -0.2) is 0 Å². The molecule has 25 heavy (non-hydrogen) atoms. The Morgan fingerprint density at radius 1 is 0.880 bits per heavy atom. The average molecular weight is 343 g/mol. The van der Waals surface area contributed by atoms with E-state index < -0.39 is 0 Å². The van der Waals surface area contributed by atoms with Crippen LogP contribution in [-0.2, 0) is 6.42 Å². The minimum absolute atomic E-state index is 0.818. The lowest BCUT2D eigenvalue weighted by Crippen LogP contribution is -2.06. The maximum absolute atomic E-state index is 4.11. The summed E-state index contributed by atoms with van der Waals surface area (Å²) in [4.78, 5) is 0. The highest BCUT2D eigenvalue weighted by molar-refractivity contribution is 5.30. The lowest BCUT2D eigenvalue weighted by Gasteiger charge is -2.18. The van der Waals surface area contributed by atoms with Crippen molar-refractivity contribution in [3.63, 3.8) is 0 Å². The number of aryl methyl sites for hydroxylation is 2. The van der Waals surface area contributed by atoms with Crippen LogP contribution in [0.3, 0.4) is 0 Å². The van der Waals surface area contributed by atoms with Crippen LogP contribution in [0.1, 0.15) is 101 Å². The molecule has 0 N–H and O–H groups in total. The molecule has 0 bridgehead atoms. The molecular formula is C25H42. The van der Waals surface area contributed by atoms with Crippen LogP contribution in [-0.4, -0.2) is 0 Å². The number of hydrogen-bond donors (Lipinski definition) is 0. The first-order valence-electron chi connectivity index (χ1n) is 10.7. The van der Waals surface area contributed by atoms with E-state index in [1.165, 1.54) is 99.3 Å². The summed E-state index contributed by atoms with van der Waals surface area (Å²) in [7, 11) is 0. The zero-order chi connectivity index (χ0) is 18.5. The van der Waals surface area contributed by atoms with Gasteiger partial charge in [0.2, 0.25) is 0 Å². The van der Waals surface area contributed by atoms with Gasteiger partial charge in [-0.1, -0.05) is 88.5 Å². The molecule has 1 aromatic rings. The number of benzene rings is 1. The lowest BCUT2D eigenvalue weighted by atomic mass is 9.88. The van der Waals surface area contributed by atoms with Gasteiger partial charge in [0.1, 0.15) is 0 Å². The highest BCUT2D eigenvalue weighted by Crippen LogP contribution is 2.24. The van der Waals surface area contributed by atoms with Gasteiger partial charge in [-0.05, 0) is 62.6 Å². The van der Waals surface area contributed by atoms with Gasteiger partial charge in [-0.3, -0.25) is 0 Å². The summed E-state index contributed by atoms with van der Waals surface area (Å²) >= 11 is 0. The van der Waals surface area contributed by atoms with E-state index in [2.05, 4.69) is 52.5 Å². The molecule has 0 amide bonds. The highest BCUT2D eigenvalue weighted by atomic mass is 14.2. The van der Waals surface area contributed by atoms with Gasteiger partial charge in [0.25, 0.3) is 0 Å². The van der Waals surface area contributed by atoms with Crippen LogP contribution in [0.15, 0.2) is 30.4 Å². The zero-order valence-electron chi connectivity index (χ0n) is 17.5. The minimum atomic E-state index is 0.818. The third-order valence-electron chi connectivity index (χ3n) is 5.54. The quantitative estimate of drug-likeness (QED) is 0.235. The molecule has 0 fully saturated rings. The summed E-state index contributed by atoms with van der Waals surface area (Å²) in [5, 5.41) is 0. The van der Waals surface area contributed by atoms with Gasteiger partial charge in [0, 0.05) is 0 Å². The first-order chi connectivity index (χ1) is 12.0. The second-order valence-corrected chi connectivity index (χ2v) is 8.25. The van der Waals surface area contributed by atoms with E-state index in [1.807, 2.05) is 0 Å². The van der Waals surface area contributed by atoms with Crippen LogP contribution in [0.4, 0.5) is 0 Å². The van der Waals surface area contributed by atoms with E-state index in [4.69, 9.17) is 0 Å². The summed E-state index contributed by atoms with van der Waals surface area (Å²) in [6.45, 7) is 13.0. The molecule has 1 aromatic carbocycles. The Morgan fingerprint density at radius 2 is 1.52 bits per heavy atom. The van der Waals surface area contributed by atoms with Gasteiger partial charge in [0.15, 0.2) is 0 Å². The number of rotatable bonds is 14. The smallest absolute Gasteiger partial charge is 0.0250 e. The predicted molar refractivity (Wildman–Crippen MR) is 114 cm³/mol. The molecule has 0 spiro atoms. The monoisotopic (exact) mass is 342 g/mol. The second kappa shape index (κ2) is 13.2. The molecule has 0 heterocycles. The highest BCUT2D eigenvalue weighted by Gasteiger charge is 2.10. The molecule has 1 unspecified atom stereocenters. The molecule has 0 radical (unpaired) electrons. The number of allylic oxidation sites excluding steroid dienone is 1. The SMILES string of the molecule is C=C(C)CCC(CCCCCCCCCC)Cc1ccc(C)c(C)c1. The van der Waals surface area contributed by atoms with Crippen LogP contribution in [0.5, 0.6) is 0 Å². The first-order valence-corrected chi connectivity index (χ1v) is 10.7. The molecule has 0 aliphatic rings. The summed E-state index contributed by atoms with van der Waals surface area (Å²) in [6.07, 6.45) is 16.4. The minimum Gasteiger partial charge on any atom is -0.100 e. The molecular weight excluding hydrogens is 300 g/mol. The Kier molecular flexibility index (Phi) is 11.6. The van der Waals surface area contributed by atoms with Crippen molar-refractivity contribution < 1.29 is 0 Å². The topological polar surface area (TPSA) is 0 Å². The van der Waals surface area contributed by atoms with Crippen LogP contribution >= 0.6 is 0 Å². The maximum Gasteiger partial charge on any atom is -0.0250 e. The van der Waals surface area contributed by atoms with Crippen LogP contribution in [0.2, 0.25) is 0 Å².